The van der Waals surface area contributed by atoms with E-state index in [0.717, 1.165) is 11.3 Å². The number of nitrogen functional groups attached to an aromatic ring is 1. The normalized spacial score (nSPS) is 17.1. The molecule has 0 fully saturated rings. The number of fused-ring (bicyclic) bond motifs is 1. The molecule has 92 valence electrons. The molecule has 3 N–H and O–H groups in total. The summed E-state index contributed by atoms with van der Waals surface area (Å²) in [5, 5.41) is 3.22. The van der Waals surface area contributed by atoms with Gasteiger partial charge in [-0.1, -0.05) is 18.2 Å². The van der Waals surface area contributed by atoms with Gasteiger partial charge >= 0.3 is 0 Å². The smallest absolute Gasteiger partial charge is 0.125 e. The molecule has 0 bridgehead atoms. The Morgan fingerprint density at radius 3 is 2.94 bits per heavy atom. The van der Waals surface area contributed by atoms with Crippen molar-refractivity contribution in [2.24, 2.45) is 0 Å². The number of para-hydroxylation sites is 1. The number of anilines is 2. The number of nitrogens with one attached hydrogen (secondary N) is 1. The van der Waals surface area contributed by atoms with Crippen LogP contribution in [0.3, 0.4) is 0 Å². The zero-order valence-electron chi connectivity index (χ0n) is 9.69. The highest BCUT2D eigenvalue weighted by molar-refractivity contribution is 5.67. The lowest BCUT2D eigenvalue weighted by Gasteiger charge is -2.15. The van der Waals surface area contributed by atoms with Gasteiger partial charge in [0.15, 0.2) is 0 Å². The standard InChI is InChI=1S/C14H13FN2O/c15-9-5-6-11(16)12(7-9)17-13-8-18-14-4-2-1-3-10(13)14/h1-7,13,17H,8,16H2. The van der Waals surface area contributed by atoms with Gasteiger partial charge in [-0.05, 0) is 24.3 Å². The molecule has 0 saturated carbocycles. The van der Waals surface area contributed by atoms with Gasteiger partial charge in [-0.3, -0.25) is 0 Å². The molecule has 0 aliphatic carbocycles. The summed E-state index contributed by atoms with van der Waals surface area (Å²) in [6.07, 6.45) is 0. The second kappa shape index (κ2) is 4.22. The van der Waals surface area contributed by atoms with Crippen molar-refractivity contribution in [3.8, 4) is 5.75 Å². The van der Waals surface area contributed by atoms with Gasteiger partial charge in [0.1, 0.15) is 18.2 Å². The molecular formula is C14H13FN2O. The Morgan fingerprint density at radius 2 is 2.06 bits per heavy atom. The minimum Gasteiger partial charge on any atom is -0.491 e. The molecular weight excluding hydrogens is 231 g/mol. The van der Waals surface area contributed by atoms with Gasteiger partial charge < -0.3 is 15.8 Å². The first-order valence-electron chi connectivity index (χ1n) is 5.77. The third-order valence-electron chi connectivity index (χ3n) is 3.05. The molecule has 1 aliphatic heterocycles. The van der Waals surface area contributed by atoms with E-state index < -0.39 is 0 Å². The van der Waals surface area contributed by atoms with Crippen LogP contribution in [0.5, 0.6) is 5.75 Å². The fourth-order valence-corrected chi connectivity index (χ4v) is 2.12. The quantitative estimate of drug-likeness (QED) is 0.798. The minimum absolute atomic E-state index is 0.00491. The highest BCUT2D eigenvalue weighted by Crippen LogP contribution is 2.35. The summed E-state index contributed by atoms with van der Waals surface area (Å²) in [5.74, 6) is 0.559. The van der Waals surface area contributed by atoms with E-state index in [9.17, 15) is 4.39 Å². The third kappa shape index (κ3) is 1.86. The maximum atomic E-state index is 13.2. The largest absolute Gasteiger partial charge is 0.491 e. The first-order valence-corrected chi connectivity index (χ1v) is 5.77. The maximum absolute atomic E-state index is 13.2. The van der Waals surface area contributed by atoms with Crippen LogP contribution in [0.2, 0.25) is 0 Å². The molecule has 4 heteroatoms. The second-order valence-electron chi connectivity index (χ2n) is 4.28. The number of nitrogens with two attached hydrogens (primary N) is 1. The van der Waals surface area contributed by atoms with Crippen LogP contribution >= 0.6 is 0 Å². The van der Waals surface area contributed by atoms with Crippen molar-refractivity contribution < 1.29 is 9.13 Å². The molecule has 2 aromatic rings. The number of halogens is 1. The van der Waals surface area contributed by atoms with Crippen LogP contribution in [-0.2, 0) is 0 Å². The highest BCUT2D eigenvalue weighted by Gasteiger charge is 2.23. The van der Waals surface area contributed by atoms with E-state index in [1.807, 2.05) is 24.3 Å². The highest BCUT2D eigenvalue weighted by atomic mass is 19.1. The Balaban J connectivity index is 1.88. The second-order valence-corrected chi connectivity index (χ2v) is 4.28. The Hall–Kier alpha value is -2.23. The molecule has 0 spiro atoms. The number of rotatable bonds is 2. The van der Waals surface area contributed by atoms with Crippen LogP contribution in [0.4, 0.5) is 15.8 Å². The summed E-state index contributed by atoms with van der Waals surface area (Å²) >= 11 is 0. The van der Waals surface area contributed by atoms with Gasteiger partial charge in [0.05, 0.1) is 17.4 Å². The SMILES string of the molecule is Nc1ccc(F)cc1NC1COc2ccccc21. The number of hydrogen-bond donors (Lipinski definition) is 2. The summed E-state index contributed by atoms with van der Waals surface area (Å²) in [6.45, 7) is 0.523. The van der Waals surface area contributed by atoms with Gasteiger partial charge in [0.25, 0.3) is 0 Å². The summed E-state index contributed by atoms with van der Waals surface area (Å²) < 4.78 is 18.7. The zero-order chi connectivity index (χ0) is 12.5. The Morgan fingerprint density at radius 1 is 1.22 bits per heavy atom. The molecule has 18 heavy (non-hydrogen) atoms. The minimum atomic E-state index is -0.307. The number of ether oxygens (including phenoxy) is 1. The molecule has 1 aliphatic rings. The molecule has 0 saturated heterocycles. The summed E-state index contributed by atoms with van der Waals surface area (Å²) in [7, 11) is 0. The van der Waals surface area contributed by atoms with Crippen LogP contribution in [0, 0.1) is 5.82 Å². The molecule has 0 radical (unpaired) electrons. The fraction of sp³-hybridized carbons (Fsp3) is 0.143. The number of hydrogen-bond acceptors (Lipinski definition) is 3. The predicted molar refractivity (Wildman–Crippen MR) is 69.1 cm³/mol. The van der Waals surface area contributed by atoms with Gasteiger partial charge in [-0.15, -0.1) is 0 Å². The first-order chi connectivity index (χ1) is 8.74. The van der Waals surface area contributed by atoms with E-state index >= 15 is 0 Å². The lowest BCUT2D eigenvalue weighted by Crippen LogP contribution is -2.13. The van der Waals surface area contributed by atoms with Gasteiger partial charge in [0, 0.05) is 5.56 Å². The molecule has 2 aromatic carbocycles. The van der Waals surface area contributed by atoms with E-state index in [-0.39, 0.29) is 11.9 Å². The summed E-state index contributed by atoms with van der Waals surface area (Å²) in [6, 6.07) is 12.1. The van der Waals surface area contributed by atoms with E-state index in [2.05, 4.69) is 5.32 Å². The third-order valence-corrected chi connectivity index (χ3v) is 3.05. The lowest BCUT2D eigenvalue weighted by atomic mass is 10.1. The Kier molecular flexibility index (Phi) is 2.55. The molecule has 1 unspecified atom stereocenters. The van der Waals surface area contributed by atoms with Crippen LogP contribution in [0.15, 0.2) is 42.5 Å². The van der Waals surface area contributed by atoms with Crippen molar-refractivity contribution in [2.75, 3.05) is 17.7 Å². The summed E-state index contributed by atoms with van der Waals surface area (Å²) in [4.78, 5) is 0. The predicted octanol–water partition coefficient (Wildman–Crippen LogP) is 2.95. The molecule has 1 atom stereocenters. The van der Waals surface area contributed by atoms with E-state index in [1.165, 1.54) is 12.1 Å². The molecule has 3 nitrogen and oxygen atoms in total. The van der Waals surface area contributed by atoms with Crippen molar-refractivity contribution in [2.45, 2.75) is 6.04 Å². The van der Waals surface area contributed by atoms with Crippen LogP contribution in [-0.4, -0.2) is 6.61 Å². The molecule has 1 heterocycles. The van der Waals surface area contributed by atoms with E-state index in [4.69, 9.17) is 10.5 Å². The van der Waals surface area contributed by atoms with Crippen molar-refractivity contribution in [3.63, 3.8) is 0 Å². The van der Waals surface area contributed by atoms with Crippen LogP contribution < -0.4 is 15.8 Å². The number of benzene rings is 2. The average molecular weight is 244 g/mol. The molecule has 0 aromatic heterocycles. The Labute approximate surface area is 104 Å². The van der Waals surface area contributed by atoms with Gasteiger partial charge in [-0.2, -0.15) is 0 Å². The van der Waals surface area contributed by atoms with Crippen molar-refractivity contribution >= 4 is 11.4 Å². The monoisotopic (exact) mass is 244 g/mol. The van der Waals surface area contributed by atoms with E-state index in [1.54, 1.807) is 6.07 Å². The van der Waals surface area contributed by atoms with E-state index in [0.29, 0.717) is 18.0 Å². The van der Waals surface area contributed by atoms with Gasteiger partial charge in [0.2, 0.25) is 0 Å². The van der Waals surface area contributed by atoms with Crippen LogP contribution in [0.25, 0.3) is 0 Å². The lowest BCUT2D eigenvalue weighted by molar-refractivity contribution is 0.340. The first kappa shape index (κ1) is 10.9. The average Bonchev–Trinajstić information content (AvgIpc) is 2.78. The fourth-order valence-electron chi connectivity index (χ4n) is 2.12. The molecule has 0 amide bonds. The van der Waals surface area contributed by atoms with Gasteiger partial charge in [-0.25, -0.2) is 4.39 Å². The van der Waals surface area contributed by atoms with Crippen molar-refractivity contribution in [3.05, 3.63) is 53.8 Å². The molecule has 3 rings (SSSR count). The van der Waals surface area contributed by atoms with Crippen molar-refractivity contribution in [1.29, 1.82) is 0 Å². The van der Waals surface area contributed by atoms with Crippen LogP contribution in [0.1, 0.15) is 11.6 Å². The zero-order valence-corrected chi connectivity index (χ0v) is 9.69. The maximum Gasteiger partial charge on any atom is 0.125 e. The topological polar surface area (TPSA) is 47.3 Å². The summed E-state index contributed by atoms with van der Waals surface area (Å²) in [5.41, 5.74) is 8.01. The van der Waals surface area contributed by atoms with Crippen molar-refractivity contribution in [1.82, 2.24) is 0 Å². The Bertz CT molecular complexity index is 586.